The maximum Gasteiger partial charge on any atom is 0.426 e. The first kappa shape index (κ1) is 101. The number of hydrogen-bond donors (Lipinski definition) is 16. The van der Waals surface area contributed by atoms with Gasteiger partial charge in [-0.15, -0.1) is 11.3 Å². The zero-order valence-electron chi connectivity index (χ0n) is 69.2. The van der Waals surface area contributed by atoms with Crippen LogP contribution in [0.2, 0.25) is 0 Å². The molecule has 2 aromatic carbocycles. The van der Waals surface area contributed by atoms with Crippen molar-refractivity contribution >= 4 is 122 Å². The van der Waals surface area contributed by atoms with Crippen LogP contribution >= 0.6 is 32.9 Å². The highest BCUT2D eigenvalue weighted by Crippen LogP contribution is 2.33. The Morgan fingerprint density at radius 1 is 0.664 bits per heavy atom. The largest absolute Gasteiger partial charge is 0.508 e. The summed E-state index contributed by atoms with van der Waals surface area (Å²) in [7, 11) is 4.39. The fourth-order valence-electron chi connectivity index (χ4n) is 12.6. The number of esters is 1. The average molecular weight is 1730 g/mol. The second-order valence-corrected chi connectivity index (χ2v) is 33.4. The fraction of sp³-hybridized carbons (Fsp3) is 0.620. The Morgan fingerprint density at radius 3 is 1.96 bits per heavy atom. The van der Waals surface area contributed by atoms with E-state index < -0.39 is 151 Å². The molecule has 1 aliphatic heterocycles. The molecule has 0 spiro atoms. The molecule has 4 rings (SSSR count). The first-order chi connectivity index (χ1) is 56.5. The number of likely N-dealkylation sites (N-methyl/N-ethyl adjacent to an activating group) is 1. The number of carboxylic acids is 4. The van der Waals surface area contributed by atoms with Crippen LogP contribution in [-0.4, -0.2) is 236 Å². The van der Waals surface area contributed by atoms with E-state index in [-0.39, 0.29) is 122 Å². The number of nitrogens with zero attached hydrogens (tertiary/aromatic N) is 3. The van der Waals surface area contributed by atoms with Crippen LogP contribution < -0.4 is 58.7 Å². The summed E-state index contributed by atoms with van der Waals surface area (Å²) in [5.74, 6) is -11.7. The molecule has 1 fully saturated rings. The SMILES string of the molecule is CCCCCOCN(C(=O)C(NC(=O)[C@H]1CCCCN1C)[C@@H](C)CC)[C@H](C[C@@H](OC(C)=O)c1nc(C(=O)N[C@@H](Cc2ccc(O)cc2)C[C@H](C)C(=O)NNC(=O)OCCSSC[C@@H](C)NC(=O)[C@H](CC(=O)O)NC(=O)[C@H](CC(=O)O)NC(=O)Cc2ccc(CNC(=O)NCCCC[C@@H](C)NC(=O)N[C@@H](CCC(=O)O)C(=O)O)cc2)cs1)C(C)C. The third-order valence-corrected chi connectivity index (χ3v) is 22.9. The molecule has 1 aliphatic rings. The fourth-order valence-corrected chi connectivity index (χ4v) is 15.6. The predicted molar refractivity (Wildman–Crippen MR) is 443 cm³/mol. The van der Waals surface area contributed by atoms with Crippen molar-refractivity contribution < 1.29 is 112 Å². The quantitative estimate of drug-likeness (QED) is 0.0101. The van der Waals surface area contributed by atoms with Gasteiger partial charge in [0.15, 0.2) is 6.10 Å². The van der Waals surface area contributed by atoms with E-state index in [0.29, 0.717) is 55.4 Å². The summed E-state index contributed by atoms with van der Waals surface area (Å²) in [6.07, 6.45) is 2.75. The number of carbonyl (C=O) groups is 15. The third-order valence-electron chi connectivity index (χ3n) is 19.4. The molecule has 1 saturated heterocycles. The molecule has 2 heterocycles. The number of carbonyl (C=O) groups excluding carboxylic acids is 11. The monoisotopic (exact) mass is 1730 g/mol. The van der Waals surface area contributed by atoms with Gasteiger partial charge in [-0.25, -0.2) is 29.6 Å². The highest BCUT2D eigenvalue weighted by atomic mass is 33.1. The van der Waals surface area contributed by atoms with E-state index in [0.717, 1.165) is 50.0 Å². The van der Waals surface area contributed by atoms with Crippen molar-refractivity contribution in [1.82, 2.24) is 73.5 Å². The summed E-state index contributed by atoms with van der Waals surface area (Å²) in [6, 6.07) is 3.02. The van der Waals surface area contributed by atoms with E-state index in [1.165, 1.54) is 46.0 Å². The number of carboxylic acid groups (broad SMARTS) is 4. The van der Waals surface area contributed by atoms with Crippen molar-refractivity contribution in [3.8, 4) is 5.75 Å². The highest BCUT2D eigenvalue weighted by Gasteiger charge is 2.40. The van der Waals surface area contributed by atoms with Crippen molar-refractivity contribution in [2.75, 3.05) is 51.6 Å². The minimum Gasteiger partial charge on any atom is -0.508 e. The Bertz CT molecular complexity index is 3810. The molecule has 12 atom stereocenters. The van der Waals surface area contributed by atoms with Gasteiger partial charge in [-0.2, -0.15) is 0 Å². The summed E-state index contributed by atoms with van der Waals surface area (Å²) in [5.41, 5.74) is 6.32. The van der Waals surface area contributed by atoms with Gasteiger partial charge in [0.1, 0.15) is 54.0 Å². The topological polar surface area (TPSA) is 537 Å². The number of amides is 12. The standard InChI is InChI=1S/C79H120N14O23S3/c1-11-13-18-33-114-45-93(75(108)68(47(5)12-2)89-73(107)61-20-15-17-32-92(61)10)62(46(3)4)41-63(116-51(9)94)74-87-60(44-117-74)72(106)84-55(37-52-25-27-56(95)28-26-52)36-48(6)69(103)90-91-79(113)115-34-35-118-119-43-50(8)82-70(104)59(40-67(101)102)86-71(105)58(39-66(99)100)85-64(96)38-53-21-23-54(24-22-53)42-81-77(111)80-31-16-14-19-49(7)83-78(112)88-57(76(109)110)29-30-65(97)98/h21-28,44,46-50,55,57-59,61-63,68,95H,11-20,29-43,45H2,1-10H3,(H,82,104)(H,84,106)(H,85,96)(H,86,105)(H,89,107)(H,90,103)(H,91,113)(H,97,98)(H,99,100)(H,101,102)(H,109,110)(H2,80,81,111)(H2,83,88,112)/t47-,48-,49+,50+,55+,57-,58-,59-,61+,62+,63+,68?/m0/s1. The van der Waals surface area contributed by atoms with Gasteiger partial charge in [0, 0.05) is 86.4 Å². The minimum atomic E-state index is -1.73. The van der Waals surface area contributed by atoms with Crippen molar-refractivity contribution in [3.63, 3.8) is 0 Å². The number of benzene rings is 2. The molecule has 37 nitrogen and oxygen atoms in total. The number of aromatic nitrogens is 1. The number of piperidine rings is 1. The third kappa shape index (κ3) is 39.6. The van der Waals surface area contributed by atoms with Crippen molar-refractivity contribution in [2.45, 2.75) is 245 Å². The summed E-state index contributed by atoms with van der Waals surface area (Å²) in [6.45, 7) is 17.3. The number of phenols is 1. The van der Waals surface area contributed by atoms with Gasteiger partial charge >= 0.3 is 48.0 Å². The number of likely N-dealkylation sites (tertiary alicyclic amines) is 1. The zero-order valence-corrected chi connectivity index (χ0v) is 71.7. The number of phenolic OH excluding ortho intramolecular Hbond substituents is 1. The zero-order chi connectivity index (χ0) is 88.3. The van der Waals surface area contributed by atoms with Gasteiger partial charge < -0.3 is 92.5 Å². The maximum atomic E-state index is 15.1. The van der Waals surface area contributed by atoms with Gasteiger partial charge in [0.25, 0.3) is 5.91 Å². The number of unbranched alkanes of at least 4 members (excludes halogenated alkanes) is 3. The molecule has 0 saturated carbocycles. The Morgan fingerprint density at radius 2 is 1.33 bits per heavy atom. The number of hydrogen-bond acceptors (Lipinski definition) is 24. The number of thiazole rings is 1. The van der Waals surface area contributed by atoms with Crippen LogP contribution in [-0.2, 0) is 86.3 Å². The lowest BCUT2D eigenvalue weighted by atomic mass is 9.92. The number of aliphatic carboxylic acids is 4. The molecule has 119 heavy (non-hydrogen) atoms. The van der Waals surface area contributed by atoms with Crippen LogP contribution in [0.1, 0.15) is 203 Å². The lowest BCUT2D eigenvalue weighted by Gasteiger charge is -2.40. The summed E-state index contributed by atoms with van der Waals surface area (Å²) >= 11 is 1.08. The second-order valence-electron chi connectivity index (χ2n) is 29.9. The van der Waals surface area contributed by atoms with E-state index in [4.69, 9.17) is 19.3 Å². The van der Waals surface area contributed by atoms with E-state index in [1.54, 1.807) is 62.1 Å². The molecule has 0 aliphatic carbocycles. The minimum absolute atomic E-state index is 0.00609. The van der Waals surface area contributed by atoms with Crippen LogP contribution in [0.5, 0.6) is 5.75 Å². The molecule has 12 amide bonds. The van der Waals surface area contributed by atoms with Gasteiger partial charge in [-0.05, 0) is 126 Å². The molecule has 0 bridgehead atoms. The Kier molecular flexibility index (Phi) is 46.1. The molecule has 0 radical (unpaired) electrons. The van der Waals surface area contributed by atoms with Gasteiger partial charge in [0.05, 0.1) is 25.3 Å². The number of hydrazine groups is 1. The average Bonchev–Trinajstić information content (AvgIpc) is 1.80. The number of aromatic hydroxyl groups is 1. The second kappa shape index (κ2) is 54.2. The van der Waals surface area contributed by atoms with E-state index in [2.05, 4.69) is 70.6 Å². The number of rotatable bonds is 54. The molecule has 3 aromatic rings. The Balaban J connectivity index is 1.25. The van der Waals surface area contributed by atoms with Crippen molar-refractivity contribution in [2.24, 2.45) is 17.8 Å². The molecule has 662 valence electrons. The lowest BCUT2D eigenvalue weighted by molar-refractivity contribution is -0.153. The Hall–Kier alpha value is -10.1. The Labute approximate surface area is 705 Å². The summed E-state index contributed by atoms with van der Waals surface area (Å²) < 4.78 is 17.4. The van der Waals surface area contributed by atoms with E-state index >= 15 is 4.79 Å². The van der Waals surface area contributed by atoms with Crippen molar-refractivity contribution in [1.29, 1.82) is 0 Å². The van der Waals surface area contributed by atoms with Crippen LogP contribution in [0.25, 0.3) is 0 Å². The van der Waals surface area contributed by atoms with Gasteiger partial charge in [0.2, 0.25) is 35.4 Å². The molecule has 40 heteroatoms. The lowest BCUT2D eigenvalue weighted by Crippen LogP contribution is -2.59. The van der Waals surface area contributed by atoms with Crippen LogP contribution in [0, 0.1) is 17.8 Å². The summed E-state index contributed by atoms with van der Waals surface area (Å²) in [5, 5.41) is 72.8. The molecular weight excluding hydrogens is 1610 g/mol. The number of ether oxygens (including phenoxy) is 3. The van der Waals surface area contributed by atoms with Crippen molar-refractivity contribution in [3.05, 3.63) is 81.3 Å². The first-order valence-corrected chi connectivity index (χ1v) is 43.4. The van der Waals surface area contributed by atoms with Crippen LogP contribution in [0.15, 0.2) is 53.9 Å². The normalized spacial score (nSPS) is 15.4. The van der Waals surface area contributed by atoms with Gasteiger partial charge in [-0.1, -0.05) is 125 Å². The molecule has 1 unspecified atom stereocenters. The van der Waals surface area contributed by atoms with Crippen LogP contribution in [0.3, 0.4) is 0 Å². The highest BCUT2D eigenvalue weighted by molar-refractivity contribution is 8.76. The maximum absolute atomic E-state index is 15.1. The molecular formula is C79H120N14O23S3. The first-order valence-electron chi connectivity index (χ1n) is 40.0. The smallest absolute Gasteiger partial charge is 0.426 e. The summed E-state index contributed by atoms with van der Waals surface area (Å²) in [4.78, 5) is 202. The molecule has 16 N–H and O–H groups in total. The number of nitrogens with one attached hydrogen (secondary N) is 11. The van der Waals surface area contributed by atoms with E-state index in [1.807, 2.05) is 39.6 Å². The van der Waals surface area contributed by atoms with E-state index in [9.17, 15) is 87.5 Å². The molecule has 1 aromatic heterocycles. The number of urea groups is 2. The van der Waals surface area contributed by atoms with Crippen LogP contribution in [0.4, 0.5) is 14.4 Å². The van der Waals surface area contributed by atoms with Gasteiger partial charge in [-0.3, -0.25) is 63.1 Å². The predicted octanol–water partition coefficient (Wildman–Crippen LogP) is 6.02.